The Labute approximate surface area is 101 Å². The lowest BCUT2D eigenvalue weighted by molar-refractivity contribution is 0.0703. The Balaban J connectivity index is 1.80. The third-order valence-corrected chi connectivity index (χ3v) is 4.08. The summed E-state index contributed by atoms with van der Waals surface area (Å²) in [6.45, 7) is 0.964. The number of hydrogen-bond acceptors (Lipinski definition) is 2. The van der Waals surface area contributed by atoms with E-state index >= 15 is 0 Å². The quantitative estimate of drug-likeness (QED) is 0.739. The first-order valence-electron chi connectivity index (χ1n) is 5.84. The number of thiol groups is 1. The van der Waals surface area contributed by atoms with E-state index in [4.69, 9.17) is 0 Å². The van der Waals surface area contributed by atoms with Crippen molar-refractivity contribution < 1.29 is 4.79 Å². The molecule has 0 radical (unpaired) electrons. The van der Waals surface area contributed by atoms with Crippen LogP contribution in [0, 0.1) is 5.92 Å². The van der Waals surface area contributed by atoms with Crippen LogP contribution in [0.25, 0.3) is 0 Å². The summed E-state index contributed by atoms with van der Waals surface area (Å²) in [6, 6.07) is 8.01. The summed E-state index contributed by atoms with van der Waals surface area (Å²) < 4.78 is 0. The van der Waals surface area contributed by atoms with Gasteiger partial charge in [0.25, 0.3) is 5.91 Å². The predicted octanol–water partition coefficient (Wildman–Crippen LogP) is 2.60. The van der Waals surface area contributed by atoms with Crippen molar-refractivity contribution in [3.8, 4) is 0 Å². The van der Waals surface area contributed by atoms with Crippen LogP contribution in [0.2, 0.25) is 0 Å². The first kappa shape index (κ1) is 10.2. The van der Waals surface area contributed by atoms with Crippen molar-refractivity contribution in [2.45, 2.75) is 30.2 Å². The molecule has 1 aliphatic carbocycles. The van der Waals surface area contributed by atoms with E-state index < -0.39 is 0 Å². The highest BCUT2D eigenvalue weighted by Gasteiger charge is 2.40. The lowest BCUT2D eigenvalue weighted by Crippen LogP contribution is -2.37. The van der Waals surface area contributed by atoms with Gasteiger partial charge in [0.1, 0.15) is 0 Å². The summed E-state index contributed by atoms with van der Waals surface area (Å²) in [5.74, 6) is 0.957. The molecule has 1 heterocycles. The number of likely N-dealkylation sites (tertiary alicyclic amines) is 1. The number of amides is 1. The molecule has 1 saturated carbocycles. The third-order valence-electron chi connectivity index (χ3n) is 3.78. The number of benzene rings is 1. The zero-order chi connectivity index (χ0) is 11.1. The van der Waals surface area contributed by atoms with E-state index in [-0.39, 0.29) is 5.91 Å². The molecule has 2 bridgehead atoms. The maximum Gasteiger partial charge on any atom is 0.254 e. The molecule has 1 amide bonds. The number of piperidine rings is 1. The summed E-state index contributed by atoms with van der Waals surface area (Å²) in [5, 5.41) is 0. The van der Waals surface area contributed by atoms with Gasteiger partial charge < -0.3 is 4.90 Å². The number of hydrogen-bond donors (Lipinski definition) is 1. The molecule has 2 unspecified atom stereocenters. The molecule has 0 aromatic heterocycles. The van der Waals surface area contributed by atoms with E-state index in [0.717, 1.165) is 22.9 Å². The standard InChI is InChI=1S/C13H15NOS/c15-13(10-2-5-12(16)6-3-10)14-8-9-1-4-11(14)7-9/h2-3,5-6,9,11,16H,1,4,7-8H2. The second kappa shape index (κ2) is 3.81. The Morgan fingerprint density at radius 2 is 2.00 bits per heavy atom. The Bertz CT molecular complexity index is 414. The highest BCUT2D eigenvalue weighted by atomic mass is 32.1. The molecule has 1 aliphatic heterocycles. The van der Waals surface area contributed by atoms with Gasteiger partial charge in [-0.2, -0.15) is 0 Å². The van der Waals surface area contributed by atoms with Gasteiger partial charge in [-0.3, -0.25) is 4.79 Å². The highest BCUT2D eigenvalue weighted by Crippen LogP contribution is 2.38. The Morgan fingerprint density at radius 3 is 2.56 bits per heavy atom. The van der Waals surface area contributed by atoms with Gasteiger partial charge >= 0.3 is 0 Å². The maximum atomic E-state index is 12.2. The topological polar surface area (TPSA) is 20.3 Å². The van der Waals surface area contributed by atoms with Crippen molar-refractivity contribution in [2.75, 3.05) is 6.54 Å². The smallest absolute Gasteiger partial charge is 0.254 e. The molecule has 2 atom stereocenters. The van der Waals surface area contributed by atoms with E-state index in [9.17, 15) is 4.79 Å². The minimum atomic E-state index is 0.195. The molecule has 84 valence electrons. The Kier molecular flexibility index (Phi) is 2.43. The van der Waals surface area contributed by atoms with Gasteiger partial charge in [-0.25, -0.2) is 0 Å². The molecule has 0 N–H and O–H groups in total. The largest absolute Gasteiger partial charge is 0.335 e. The van der Waals surface area contributed by atoms with Crippen LogP contribution < -0.4 is 0 Å². The first-order chi connectivity index (χ1) is 7.74. The minimum absolute atomic E-state index is 0.195. The van der Waals surface area contributed by atoms with Crippen LogP contribution in [0.15, 0.2) is 29.2 Å². The fourth-order valence-electron chi connectivity index (χ4n) is 2.94. The average Bonchev–Trinajstić information content (AvgIpc) is 2.91. The molecule has 3 heteroatoms. The number of carbonyl (C=O) groups excluding carboxylic acids is 1. The van der Waals surface area contributed by atoms with Gasteiger partial charge in [-0.1, -0.05) is 0 Å². The lowest BCUT2D eigenvalue weighted by atomic mass is 10.1. The number of carbonyl (C=O) groups is 1. The van der Waals surface area contributed by atoms with Crippen LogP contribution in [0.5, 0.6) is 0 Å². The van der Waals surface area contributed by atoms with Crippen LogP contribution in [-0.4, -0.2) is 23.4 Å². The summed E-state index contributed by atoms with van der Waals surface area (Å²) in [6.07, 6.45) is 3.72. The maximum absolute atomic E-state index is 12.2. The fourth-order valence-corrected chi connectivity index (χ4v) is 3.09. The van der Waals surface area contributed by atoms with Gasteiger partial charge in [0.2, 0.25) is 0 Å². The number of fused-ring (bicyclic) bond motifs is 2. The molecule has 2 aliphatic rings. The van der Waals surface area contributed by atoms with Crippen molar-refractivity contribution in [2.24, 2.45) is 5.92 Å². The molecule has 1 aromatic carbocycles. The minimum Gasteiger partial charge on any atom is -0.335 e. The van der Waals surface area contributed by atoms with Gasteiger partial charge in [0.15, 0.2) is 0 Å². The predicted molar refractivity (Wildman–Crippen MR) is 65.9 cm³/mol. The Hall–Kier alpha value is -0.960. The molecule has 3 rings (SSSR count). The number of nitrogens with zero attached hydrogens (tertiary/aromatic N) is 1. The normalized spacial score (nSPS) is 27.4. The summed E-state index contributed by atoms with van der Waals surface area (Å²) in [4.78, 5) is 15.2. The number of rotatable bonds is 1. The van der Waals surface area contributed by atoms with E-state index in [1.165, 1.54) is 19.3 Å². The van der Waals surface area contributed by atoms with Crippen molar-refractivity contribution in [3.63, 3.8) is 0 Å². The van der Waals surface area contributed by atoms with Gasteiger partial charge in [-0.15, -0.1) is 12.6 Å². The van der Waals surface area contributed by atoms with Gasteiger partial charge in [-0.05, 0) is 49.4 Å². The second-order valence-electron chi connectivity index (χ2n) is 4.84. The van der Waals surface area contributed by atoms with E-state index in [1.807, 2.05) is 24.3 Å². The van der Waals surface area contributed by atoms with Crippen molar-refractivity contribution >= 4 is 18.5 Å². The lowest BCUT2D eigenvalue weighted by Gasteiger charge is -2.27. The first-order valence-corrected chi connectivity index (χ1v) is 6.29. The van der Waals surface area contributed by atoms with E-state index in [2.05, 4.69) is 17.5 Å². The van der Waals surface area contributed by atoms with Crippen molar-refractivity contribution in [3.05, 3.63) is 29.8 Å². The molecule has 0 spiro atoms. The zero-order valence-corrected chi connectivity index (χ0v) is 9.99. The molecule has 16 heavy (non-hydrogen) atoms. The van der Waals surface area contributed by atoms with Crippen molar-refractivity contribution in [1.29, 1.82) is 0 Å². The zero-order valence-electron chi connectivity index (χ0n) is 9.10. The van der Waals surface area contributed by atoms with Crippen LogP contribution in [-0.2, 0) is 0 Å². The highest BCUT2D eigenvalue weighted by molar-refractivity contribution is 7.80. The van der Waals surface area contributed by atoms with Gasteiger partial charge in [0, 0.05) is 23.0 Å². The molecule has 1 aromatic rings. The molecule has 1 saturated heterocycles. The third kappa shape index (κ3) is 1.63. The SMILES string of the molecule is O=C(c1ccc(S)cc1)N1CC2CCC1C2. The van der Waals surface area contributed by atoms with Crippen LogP contribution >= 0.6 is 12.6 Å². The molecule has 2 nitrogen and oxygen atoms in total. The molecular weight excluding hydrogens is 218 g/mol. The molecular formula is C13H15NOS. The van der Waals surface area contributed by atoms with Crippen LogP contribution in [0.4, 0.5) is 0 Å². The van der Waals surface area contributed by atoms with Crippen molar-refractivity contribution in [1.82, 2.24) is 4.90 Å². The van der Waals surface area contributed by atoms with Crippen LogP contribution in [0.1, 0.15) is 29.6 Å². The van der Waals surface area contributed by atoms with Gasteiger partial charge in [0.05, 0.1) is 0 Å². The van der Waals surface area contributed by atoms with E-state index in [1.54, 1.807) is 0 Å². The fraction of sp³-hybridized carbons (Fsp3) is 0.462. The summed E-state index contributed by atoms with van der Waals surface area (Å²) in [7, 11) is 0. The van der Waals surface area contributed by atoms with Crippen LogP contribution in [0.3, 0.4) is 0 Å². The average molecular weight is 233 g/mol. The Morgan fingerprint density at radius 1 is 1.25 bits per heavy atom. The summed E-state index contributed by atoms with van der Waals surface area (Å²) in [5.41, 5.74) is 0.797. The van der Waals surface area contributed by atoms with E-state index in [0.29, 0.717) is 6.04 Å². The second-order valence-corrected chi connectivity index (χ2v) is 5.35. The summed E-state index contributed by atoms with van der Waals surface area (Å²) >= 11 is 4.23. The molecule has 2 fully saturated rings. The monoisotopic (exact) mass is 233 g/mol.